The maximum atomic E-state index is 11.6. The predicted molar refractivity (Wildman–Crippen MR) is 101 cm³/mol. The van der Waals surface area contributed by atoms with E-state index in [2.05, 4.69) is 4.98 Å². The highest BCUT2D eigenvalue weighted by Crippen LogP contribution is 2.36. The van der Waals surface area contributed by atoms with Gasteiger partial charge in [-0.15, -0.1) is 0 Å². The molecule has 0 spiro atoms. The number of aromatic nitrogens is 2. The first kappa shape index (κ1) is 17.9. The summed E-state index contributed by atoms with van der Waals surface area (Å²) in [5.74, 6) is 1.34. The number of hydrogen-bond acceptors (Lipinski definition) is 6. The van der Waals surface area contributed by atoms with E-state index in [4.69, 9.17) is 4.74 Å². The molecule has 1 aliphatic heterocycles. The van der Waals surface area contributed by atoms with Crippen LogP contribution in [0.15, 0.2) is 67.0 Å². The Bertz CT molecular complexity index is 1020. The zero-order valence-corrected chi connectivity index (χ0v) is 15.2. The Hall–Kier alpha value is -3.52. The maximum absolute atomic E-state index is 11.6. The number of aliphatic hydroxyl groups is 1. The number of non-ortho nitro benzene ring substituents is 1. The zero-order valence-electron chi connectivity index (χ0n) is 15.2. The molecule has 2 aromatic carbocycles. The molecule has 0 saturated carbocycles. The lowest BCUT2D eigenvalue weighted by molar-refractivity contribution is -0.685. The van der Waals surface area contributed by atoms with E-state index >= 15 is 0 Å². The van der Waals surface area contributed by atoms with Crippen LogP contribution in [0.2, 0.25) is 0 Å². The number of nitro groups is 1. The summed E-state index contributed by atoms with van der Waals surface area (Å²) >= 11 is 0. The van der Waals surface area contributed by atoms with Crippen LogP contribution in [-0.2, 0) is 18.8 Å². The summed E-state index contributed by atoms with van der Waals surface area (Å²) < 4.78 is 7.16. The van der Waals surface area contributed by atoms with Gasteiger partial charge in [0.1, 0.15) is 18.5 Å². The zero-order chi connectivity index (χ0) is 19.7. The topological polar surface area (TPSA) is 92.6 Å². The molecule has 0 aliphatic carbocycles. The van der Waals surface area contributed by atoms with Crippen LogP contribution in [0.25, 0.3) is 0 Å². The summed E-state index contributed by atoms with van der Waals surface area (Å²) in [6.07, 6.45) is 3.52. The van der Waals surface area contributed by atoms with Gasteiger partial charge in [0.05, 0.1) is 24.8 Å². The van der Waals surface area contributed by atoms with E-state index in [1.165, 1.54) is 12.1 Å². The minimum Gasteiger partial charge on any atom is -0.497 e. The first-order chi connectivity index (χ1) is 13.5. The van der Waals surface area contributed by atoms with Crippen molar-refractivity contribution in [3.8, 4) is 5.75 Å². The standard InChI is InChI=1S/C20H19N4O4/c1-28-18-5-2-4-15(12-18)13-23-19-21-10-3-11-22(19)14-20(23,25)16-6-8-17(9-7-16)24(26)27/h2-12,25H,13-14H2,1H3/q+1/t20-/m1/s1. The SMILES string of the molecule is COc1cccc(CN2c3nccc[n+]3C[C@@]2(O)c2ccc([N+](=O)[O-])cc2)c1. The van der Waals surface area contributed by atoms with Crippen molar-refractivity contribution >= 4 is 11.6 Å². The molecule has 142 valence electrons. The number of fused-ring (bicyclic) bond motifs is 1. The third-order valence-corrected chi connectivity index (χ3v) is 4.89. The third kappa shape index (κ3) is 3.03. The van der Waals surface area contributed by atoms with Crippen molar-refractivity contribution < 1.29 is 19.3 Å². The molecule has 1 atom stereocenters. The van der Waals surface area contributed by atoms with Crippen molar-refractivity contribution in [3.05, 3.63) is 88.2 Å². The van der Waals surface area contributed by atoms with E-state index in [1.54, 1.807) is 36.4 Å². The lowest BCUT2D eigenvalue weighted by Crippen LogP contribution is -2.45. The maximum Gasteiger partial charge on any atom is 0.397 e. The second-order valence-corrected chi connectivity index (χ2v) is 6.61. The Morgan fingerprint density at radius 1 is 1.29 bits per heavy atom. The number of rotatable bonds is 5. The van der Waals surface area contributed by atoms with Gasteiger partial charge in [-0.1, -0.05) is 17.1 Å². The Morgan fingerprint density at radius 2 is 2.07 bits per heavy atom. The Kier molecular flexibility index (Phi) is 4.40. The molecular weight excluding hydrogens is 360 g/mol. The number of benzene rings is 2. The lowest BCUT2D eigenvalue weighted by Gasteiger charge is -2.28. The van der Waals surface area contributed by atoms with Gasteiger partial charge in [0.25, 0.3) is 5.69 Å². The molecule has 0 saturated heterocycles. The number of nitro benzene ring substituents is 1. The van der Waals surface area contributed by atoms with Crippen molar-refractivity contribution in [3.63, 3.8) is 0 Å². The fraction of sp³-hybridized carbons (Fsp3) is 0.200. The molecule has 0 unspecified atom stereocenters. The van der Waals surface area contributed by atoms with Gasteiger partial charge >= 0.3 is 5.95 Å². The average Bonchev–Trinajstić information content (AvgIpc) is 3.01. The molecule has 1 aliphatic rings. The van der Waals surface area contributed by atoms with Crippen LogP contribution in [0.4, 0.5) is 11.6 Å². The number of methoxy groups -OCH3 is 1. The molecule has 0 fully saturated rings. The fourth-order valence-electron chi connectivity index (χ4n) is 3.48. The van der Waals surface area contributed by atoms with Gasteiger partial charge in [0.15, 0.2) is 0 Å². The van der Waals surface area contributed by atoms with Crippen LogP contribution < -0.4 is 14.2 Å². The van der Waals surface area contributed by atoms with E-state index in [0.717, 1.165) is 11.3 Å². The first-order valence-electron chi connectivity index (χ1n) is 8.73. The number of ether oxygens (including phenoxy) is 1. The second kappa shape index (κ2) is 6.90. The normalized spacial score (nSPS) is 18.0. The molecule has 0 amide bonds. The van der Waals surface area contributed by atoms with Gasteiger partial charge in [-0.2, -0.15) is 0 Å². The fourth-order valence-corrected chi connectivity index (χ4v) is 3.48. The highest BCUT2D eigenvalue weighted by Gasteiger charge is 2.51. The van der Waals surface area contributed by atoms with Gasteiger partial charge in [0, 0.05) is 23.8 Å². The smallest absolute Gasteiger partial charge is 0.397 e. The molecular formula is C20H19N4O4+. The van der Waals surface area contributed by atoms with Crippen LogP contribution in [0.5, 0.6) is 5.75 Å². The van der Waals surface area contributed by atoms with E-state index in [-0.39, 0.29) is 12.2 Å². The van der Waals surface area contributed by atoms with Crippen LogP contribution in [0.3, 0.4) is 0 Å². The summed E-state index contributed by atoms with van der Waals surface area (Å²) in [6.45, 7) is 0.652. The summed E-state index contributed by atoms with van der Waals surface area (Å²) in [5.41, 5.74) is 0.0952. The summed E-state index contributed by atoms with van der Waals surface area (Å²) in [5, 5.41) is 22.6. The molecule has 8 heteroatoms. The summed E-state index contributed by atoms with van der Waals surface area (Å²) in [7, 11) is 1.61. The van der Waals surface area contributed by atoms with Crippen molar-refractivity contribution in [2.45, 2.75) is 18.8 Å². The van der Waals surface area contributed by atoms with E-state index in [9.17, 15) is 15.2 Å². The Morgan fingerprint density at radius 3 is 2.79 bits per heavy atom. The summed E-state index contributed by atoms with van der Waals surface area (Å²) in [6, 6.07) is 15.4. The Labute approximate surface area is 161 Å². The van der Waals surface area contributed by atoms with Gasteiger partial charge in [-0.25, -0.2) is 9.47 Å². The number of hydrogen-bond donors (Lipinski definition) is 1. The van der Waals surface area contributed by atoms with E-state index in [0.29, 0.717) is 18.1 Å². The first-order valence-corrected chi connectivity index (χ1v) is 8.73. The van der Waals surface area contributed by atoms with Gasteiger partial charge in [0.2, 0.25) is 5.72 Å². The highest BCUT2D eigenvalue weighted by molar-refractivity contribution is 5.43. The van der Waals surface area contributed by atoms with Gasteiger partial charge in [-0.05, 0) is 29.8 Å². The molecule has 4 rings (SSSR count). The molecule has 2 heterocycles. The van der Waals surface area contributed by atoms with E-state index in [1.807, 2.05) is 35.0 Å². The van der Waals surface area contributed by atoms with Crippen LogP contribution >= 0.6 is 0 Å². The molecule has 0 bridgehead atoms. The third-order valence-electron chi connectivity index (χ3n) is 4.89. The predicted octanol–water partition coefficient (Wildman–Crippen LogP) is 2.15. The van der Waals surface area contributed by atoms with Crippen molar-refractivity contribution in [2.24, 2.45) is 0 Å². The lowest BCUT2D eigenvalue weighted by atomic mass is 10.0. The van der Waals surface area contributed by atoms with Crippen LogP contribution in [0, 0.1) is 10.1 Å². The molecule has 1 N–H and O–H groups in total. The van der Waals surface area contributed by atoms with Crippen molar-refractivity contribution in [1.82, 2.24) is 4.98 Å². The minimum atomic E-state index is -1.39. The molecule has 8 nitrogen and oxygen atoms in total. The minimum absolute atomic E-state index is 0.0204. The van der Waals surface area contributed by atoms with Crippen molar-refractivity contribution in [2.75, 3.05) is 12.0 Å². The summed E-state index contributed by atoms with van der Waals surface area (Å²) in [4.78, 5) is 16.7. The van der Waals surface area contributed by atoms with Crippen molar-refractivity contribution in [1.29, 1.82) is 0 Å². The van der Waals surface area contributed by atoms with E-state index < -0.39 is 10.6 Å². The Balaban J connectivity index is 1.75. The quantitative estimate of drug-likeness (QED) is 0.415. The van der Waals surface area contributed by atoms with Crippen LogP contribution in [-0.4, -0.2) is 22.1 Å². The monoisotopic (exact) mass is 379 g/mol. The van der Waals surface area contributed by atoms with Crippen LogP contribution in [0.1, 0.15) is 11.1 Å². The number of nitrogens with zero attached hydrogens (tertiary/aromatic N) is 4. The highest BCUT2D eigenvalue weighted by atomic mass is 16.6. The molecule has 3 aromatic rings. The van der Waals surface area contributed by atoms with Gasteiger partial charge < -0.3 is 9.84 Å². The number of anilines is 1. The second-order valence-electron chi connectivity index (χ2n) is 6.61. The van der Waals surface area contributed by atoms with Gasteiger partial charge in [-0.3, -0.25) is 10.1 Å². The molecule has 0 radical (unpaired) electrons. The molecule has 1 aromatic heterocycles. The molecule has 28 heavy (non-hydrogen) atoms. The average molecular weight is 379 g/mol. The largest absolute Gasteiger partial charge is 0.497 e.